The summed E-state index contributed by atoms with van der Waals surface area (Å²) in [5.74, 6) is 0. The van der Waals surface area contributed by atoms with E-state index < -0.39 is 0 Å². The van der Waals surface area contributed by atoms with Crippen molar-refractivity contribution in [3.63, 3.8) is 0 Å². The molecule has 1 N–H and O–H groups in total. The topological polar surface area (TPSA) is 42.7 Å². The maximum Gasteiger partial charge on any atom is 0.100 e. The van der Waals surface area contributed by atoms with E-state index in [0.717, 1.165) is 30.8 Å². The van der Waals surface area contributed by atoms with E-state index in [1.807, 2.05) is 42.6 Å². The second-order valence-electron chi connectivity index (χ2n) is 4.37. The van der Waals surface area contributed by atoms with E-state index in [-0.39, 0.29) is 6.04 Å². The number of hydrogen-bond acceptors (Lipinski definition) is 3. The predicted octanol–water partition coefficient (Wildman–Crippen LogP) is 2.88. The molecule has 0 aliphatic carbocycles. The minimum atomic E-state index is 0.237. The van der Waals surface area contributed by atoms with Crippen molar-refractivity contribution in [3.8, 4) is 5.69 Å². The Hall–Kier alpha value is -1.94. The van der Waals surface area contributed by atoms with Crippen molar-refractivity contribution >= 4 is 0 Å². The number of hydrogen-bond donors (Lipinski definition) is 1. The molecule has 0 aliphatic heterocycles. The summed E-state index contributed by atoms with van der Waals surface area (Å²) in [5.41, 5.74) is 1.96. The third-order valence-electron chi connectivity index (χ3n) is 2.96. The third kappa shape index (κ3) is 3.51. The van der Waals surface area contributed by atoms with Crippen LogP contribution in [0.2, 0.25) is 0 Å². The molecule has 4 heteroatoms. The van der Waals surface area contributed by atoms with Crippen LogP contribution in [0.1, 0.15) is 31.5 Å². The number of allylic oxidation sites excluding steroid dienone is 1. The van der Waals surface area contributed by atoms with E-state index in [2.05, 4.69) is 29.0 Å². The molecular formula is C15H20N4. The van der Waals surface area contributed by atoms with Gasteiger partial charge in [0.15, 0.2) is 0 Å². The van der Waals surface area contributed by atoms with Crippen LogP contribution >= 0.6 is 0 Å². The Bertz CT molecular complexity index is 504. The van der Waals surface area contributed by atoms with Crippen molar-refractivity contribution in [3.05, 3.63) is 54.9 Å². The molecule has 100 valence electrons. The Morgan fingerprint density at radius 1 is 1.37 bits per heavy atom. The summed E-state index contributed by atoms with van der Waals surface area (Å²) < 4.78 is 0. The molecule has 19 heavy (non-hydrogen) atoms. The fourth-order valence-corrected chi connectivity index (χ4v) is 2.01. The van der Waals surface area contributed by atoms with Crippen molar-refractivity contribution in [1.29, 1.82) is 0 Å². The van der Waals surface area contributed by atoms with Gasteiger partial charge in [-0.05, 0) is 31.5 Å². The highest BCUT2D eigenvalue weighted by atomic mass is 15.5. The minimum Gasteiger partial charge on any atom is -0.309 e. The molecule has 2 rings (SSSR count). The van der Waals surface area contributed by atoms with E-state index in [1.54, 1.807) is 4.80 Å². The van der Waals surface area contributed by atoms with E-state index in [9.17, 15) is 0 Å². The van der Waals surface area contributed by atoms with Gasteiger partial charge in [0.25, 0.3) is 0 Å². The lowest BCUT2D eigenvalue weighted by Gasteiger charge is -2.13. The van der Waals surface area contributed by atoms with Crippen LogP contribution in [0, 0.1) is 0 Å². The molecule has 0 saturated carbocycles. The molecule has 1 aromatic heterocycles. The van der Waals surface area contributed by atoms with Crippen LogP contribution < -0.4 is 5.32 Å². The number of nitrogens with one attached hydrogen (secondary N) is 1. The number of nitrogens with zero attached hydrogens (tertiary/aromatic N) is 3. The van der Waals surface area contributed by atoms with Gasteiger partial charge in [-0.15, -0.1) is 6.58 Å². The highest BCUT2D eigenvalue weighted by Gasteiger charge is 2.13. The molecule has 0 fully saturated rings. The summed E-state index contributed by atoms with van der Waals surface area (Å²) in [7, 11) is 0. The van der Waals surface area contributed by atoms with Gasteiger partial charge >= 0.3 is 0 Å². The van der Waals surface area contributed by atoms with Gasteiger partial charge in [-0.1, -0.05) is 31.2 Å². The van der Waals surface area contributed by atoms with E-state index in [0.29, 0.717) is 0 Å². The lowest BCUT2D eigenvalue weighted by Crippen LogP contribution is -2.21. The standard InChI is InChI=1S/C15H20N4/c1-3-5-11-14(16-4-2)15-12-17-19(18-15)13-9-7-6-8-10-13/h3,6-10,12,14,16H,1,4-5,11H2,2H3. The van der Waals surface area contributed by atoms with Gasteiger partial charge in [0.1, 0.15) is 5.69 Å². The van der Waals surface area contributed by atoms with Crippen LogP contribution in [0.3, 0.4) is 0 Å². The van der Waals surface area contributed by atoms with Gasteiger partial charge in [0, 0.05) is 0 Å². The summed E-state index contributed by atoms with van der Waals surface area (Å²) in [6.07, 6.45) is 5.73. The Balaban J connectivity index is 2.16. The number of para-hydroxylation sites is 1. The molecule has 2 aromatic rings. The summed E-state index contributed by atoms with van der Waals surface area (Å²) in [5, 5.41) is 12.3. The average Bonchev–Trinajstić information content (AvgIpc) is 2.94. The molecule has 0 spiro atoms. The molecule has 1 heterocycles. The zero-order valence-corrected chi connectivity index (χ0v) is 11.3. The van der Waals surface area contributed by atoms with Crippen molar-refractivity contribution in [1.82, 2.24) is 20.3 Å². The number of benzene rings is 1. The average molecular weight is 256 g/mol. The monoisotopic (exact) mass is 256 g/mol. The second kappa shape index (κ2) is 6.85. The van der Waals surface area contributed by atoms with E-state index in [1.165, 1.54) is 0 Å². The summed E-state index contributed by atoms with van der Waals surface area (Å²) >= 11 is 0. The molecule has 0 amide bonds. The Morgan fingerprint density at radius 2 is 2.16 bits per heavy atom. The van der Waals surface area contributed by atoms with Crippen molar-refractivity contribution < 1.29 is 0 Å². The van der Waals surface area contributed by atoms with Gasteiger partial charge in [0.2, 0.25) is 0 Å². The molecule has 1 unspecified atom stereocenters. The Kier molecular flexibility index (Phi) is 4.86. The fraction of sp³-hybridized carbons (Fsp3) is 0.333. The first-order chi connectivity index (χ1) is 9.35. The van der Waals surface area contributed by atoms with Gasteiger partial charge in [-0.25, -0.2) is 0 Å². The minimum absolute atomic E-state index is 0.237. The van der Waals surface area contributed by atoms with Gasteiger partial charge in [0.05, 0.1) is 17.9 Å². The largest absolute Gasteiger partial charge is 0.309 e. The maximum atomic E-state index is 4.56. The molecule has 0 saturated heterocycles. The first-order valence-electron chi connectivity index (χ1n) is 6.67. The van der Waals surface area contributed by atoms with E-state index >= 15 is 0 Å². The first-order valence-corrected chi connectivity index (χ1v) is 6.67. The zero-order valence-electron chi connectivity index (χ0n) is 11.3. The summed E-state index contributed by atoms with van der Waals surface area (Å²) in [4.78, 5) is 1.67. The molecule has 0 radical (unpaired) electrons. The van der Waals surface area contributed by atoms with Crippen LogP contribution in [0.15, 0.2) is 49.2 Å². The Morgan fingerprint density at radius 3 is 2.84 bits per heavy atom. The van der Waals surface area contributed by atoms with Crippen LogP contribution in [0.25, 0.3) is 5.69 Å². The number of aromatic nitrogens is 3. The van der Waals surface area contributed by atoms with Crippen molar-refractivity contribution in [2.45, 2.75) is 25.8 Å². The van der Waals surface area contributed by atoms with Crippen molar-refractivity contribution in [2.24, 2.45) is 0 Å². The predicted molar refractivity (Wildman–Crippen MR) is 77.2 cm³/mol. The molecule has 1 aromatic carbocycles. The molecule has 1 atom stereocenters. The first kappa shape index (κ1) is 13.5. The fourth-order valence-electron chi connectivity index (χ4n) is 2.01. The van der Waals surface area contributed by atoms with Gasteiger partial charge in [-0.2, -0.15) is 15.0 Å². The van der Waals surface area contributed by atoms with Crippen LogP contribution in [-0.4, -0.2) is 21.5 Å². The summed E-state index contributed by atoms with van der Waals surface area (Å²) in [6, 6.07) is 10.2. The highest BCUT2D eigenvalue weighted by Crippen LogP contribution is 2.16. The molecule has 0 bridgehead atoms. The van der Waals surface area contributed by atoms with Gasteiger partial charge < -0.3 is 5.32 Å². The van der Waals surface area contributed by atoms with Gasteiger partial charge in [-0.3, -0.25) is 0 Å². The highest BCUT2D eigenvalue weighted by molar-refractivity contribution is 5.28. The number of rotatable bonds is 7. The summed E-state index contributed by atoms with van der Waals surface area (Å²) in [6.45, 7) is 6.79. The lowest BCUT2D eigenvalue weighted by molar-refractivity contribution is 0.503. The maximum absolute atomic E-state index is 4.56. The zero-order chi connectivity index (χ0) is 13.5. The lowest BCUT2D eigenvalue weighted by atomic mass is 10.1. The third-order valence-corrected chi connectivity index (χ3v) is 2.96. The van der Waals surface area contributed by atoms with Crippen LogP contribution in [0.5, 0.6) is 0 Å². The second-order valence-corrected chi connectivity index (χ2v) is 4.37. The molecule has 4 nitrogen and oxygen atoms in total. The Labute approximate surface area is 114 Å². The van der Waals surface area contributed by atoms with Crippen LogP contribution in [-0.2, 0) is 0 Å². The quantitative estimate of drug-likeness (QED) is 0.775. The van der Waals surface area contributed by atoms with E-state index in [4.69, 9.17) is 0 Å². The SMILES string of the molecule is C=CCCC(NCC)c1cnn(-c2ccccc2)n1. The molecule has 0 aliphatic rings. The smallest absolute Gasteiger partial charge is 0.100 e. The normalized spacial score (nSPS) is 12.3. The van der Waals surface area contributed by atoms with Crippen molar-refractivity contribution in [2.75, 3.05) is 6.54 Å². The molecular weight excluding hydrogens is 236 g/mol. The van der Waals surface area contributed by atoms with Crippen LogP contribution in [0.4, 0.5) is 0 Å².